The number of carbonyl (C=O) groups is 1. The zero-order chi connectivity index (χ0) is 9.97. The van der Waals surface area contributed by atoms with Crippen molar-refractivity contribution in [3.8, 4) is 10.7 Å². The van der Waals surface area contributed by atoms with Crippen molar-refractivity contribution in [2.45, 2.75) is 6.92 Å². The molecule has 0 aromatic carbocycles. The van der Waals surface area contributed by atoms with Crippen molar-refractivity contribution in [3.63, 3.8) is 0 Å². The molecule has 2 rings (SSSR count). The molecule has 0 aliphatic carbocycles. The lowest BCUT2D eigenvalue weighted by Crippen LogP contribution is -1.91. The molecule has 3 nitrogen and oxygen atoms in total. The van der Waals surface area contributed by atoms with Crippen LogP contribution in [0, 0.1) is 0 Å². The maximum absolute atomic E-state index is 11.0. The fourth-order valence-electron chi connectivity index (χ4n) is 1.04. The number of aromatic nitrogens is 2. The summed E-state index contributed by atoms with van der Waals surface area (Å²) >= 11 is 1.44. The van der Waals surface area contributed by atoms with Crippen LogP contribution in [-0.2, 0) is 0 Å². The lowest BCUT2D eigenvalue weighted by atomic mass is 10.3. The normalized spacial score (nSPS) is 10.1. The predicted molar refractivity (Wildman–Crippen MR) is 55.3 cm³/mol. The van der Waals surface area contributed by atoms with Crippen molar-refractivity contribution in [2.75, 3.05) is 0 Å². The SMILES string of the molecule is CC(=O)c1csc(-c2ccccn2)n1. The van der Waals surface area contributed by atoms with Crippen LogP contribution in [0.2, 0.25) is 0 Å². The van der Waals surface area contributed by atoms with Crippen LogP contribution in [0.4, 0.5) is 0 Å². The number of Topliss-reactive ketones (excluding diaryl/α,β-unsaturated/α-hetero) is 1. The first-order valence-electron chi connectivity index (χ1n) is 4.15. The first kappa shape index (κ1) is 9.02. The second kappa shape index (κ2) is 3.67. The number of thiazole rings is 1. The Balaban J connectivity index is 2.39. The Labute approximate surface area is 85.5 Å². The molecular weight excluding hydrogens is 196 g/mol. The lowest BCUT2D eigenvalue weighted by molar-refractivity contribution is 0.101. The lowest BCUT2D eigenvalue weighted by Gasteiger charge is -1.91. The summed E-state index contributed by atoms with van der Waals surface area (Å²) in [6.45, 7) is 1.51. The molecule has 0 radical (unpaired) electrons. The predicted octanol–water partition coefficient (Wildman–Crippen LogP) is 2.41. The molecule has 0 unspecified atom stereocenters. The minimum atomic E-state index is -0.0107. The van der Waals surface area contributed by atoms with Gasteiger partial charge in [0.05, 0.1) is 5.69 Å². The van der Waals surface area contributed by atoms with E-state index in [1.807, 2.05) is 18.2 Å². The topological polar surface area (TPSA) is 42.9 Å². The third kappa shape index (κ3) is 1.70. The number of hydrogen-bond acceptors (Lipinski definition) is 4. The molecule has 2 aromatic heterocycles. The van der Waals surface area contributed by atoms with Gasteiger partial charge in [-0.1, -0.05) is 6.07 Å². The van der Waals surface area contributed by atoms with Crippen LogP contribution in [0.3, 0.4) is 0 Å². The first-order chi connectivity index (χ1) is 6.77. The van der Waals surface area contributed by atoms with Gasteiger partial charge >= 0.3 is 0 Å². The molecule has 0 N–H and O–H groups in total. The van der Waals surface area contributed by atoms with E-state index in [1.165, 1.54) is 18.3 Å². The van der Waals surface area contributed by atoms with Crippen LogP contribution >= 0.6 is 11.3 Å². The van der Waals surface area contributed by atoms with Gasteiger partial charge in [-0.25, -0.2) is 4.98 Å². The van der Waals surface area contributed by atoms with E-state index in [1.54, 1.807) is 11.6 Å². The van der Waals surface area contributed by atoms with E-state index in [-0.39, 0.29) is 5.78 Å². The van der Waals surface area contributed by atoms with Crippen molar-refractivity contribution >= 4 is 17.1 Å². The maximum atomic E-state index is 11.0. The summed E-state index contributed by atoms with van der Waals surface area (Å²) < 4.78 is 0. The molecule has 0 fully saturated rings. The van der Waals surface area contributed by atoms with Gasteiger partial charge in [0, 0.05) is 18.5 Å². The van der Waals surface area contributed by atoms with Gasteiger partial charge in [-0.05, 0) is 12.1 Å². The van der Waals surface area contributed by atoms with E-state index in [2.05, 4.69) is 9.97 Å². The van der Waals surface area contributed by atoms with Crippen LogP contribution in [0.25, 0.3) is 10.7 Å². The van der Waals surface area contributed by atoms with E-state index >= 15 is 0 Å². The summed E-state index contributed by atoms with van der Waals surface area (Å²) in [4.78, 5) is 19.4. The second-order valence-corrected chi connectivity index (χ2v) is 3.67. The molecule has 0 saturated carbocycles. The molecule has 0 atom stereocenters. The summed E-state index contributed by atoms with van der Waals surface area (Å²) in [6.07, 6.45) is 1.71. The molecule has 0 aliphatic rings. The smallest absolute Gasteiger partial charge is 0.178 e. The van der Waals surface area contributed by atoms with E-state index < -0.39 is 0 Å². The number of ketones is 1. The van der Waals surface area contributed by atoms with E-state index in [0.717, 1.165) is 10.7 Å². The summed E-state index contributed by atoms with van der Waals surface area (Å²) in [7, 11) is 0. The van der Waals surface area contributed by atoms with Crippen LogP contribution < -0.4 is 0 Å². The van der Waals surface area contributed by atoms with Crippen LogP contribution in [0.15, 0.2) is 29.8 Å². The molecule has 2 aromatic rings. The molecule has 70 valence electrons. The molecule has 0 saturated heterocycles. The second-order valence-electron chi connectivity index (χ2n) is 2.81. The van der Waals surface area contributed by atoms with Crippen LogP contribution in [0.5, 0.6) is 0 Å². The van der Waals surface area contributed by atoms with Crippen LogP contribution in [-0.4, -0.2) is 15.8 Å². The minimum Gasteiger partial charge on any atom is -0.293 e. The van der Waals surface area contributed by atoms with E-state index in [4.69, 9.17) is 0 Å². The largest absolute Gasteiger partial charge is 0.293 e. The highest BCUT2D eigenvalue weighted by molar-refractivity contribution is 7.13. The molecule has 14 heavy (non-hydrogen) atoms. The highest BCUT2D eigenvalue weighted by atomic mass is 32.1. The Morgan fingerprint density at radius 1 is 1.43 bits per heavy atom. The molecule has 0 bridgehead atoms. The van der Waals surface area contributed by atoms with Gasteiger partial charge in [-0.3, -0.25) is 9.78 Å². The average Bonchev–Trinajstić information content (AvgIpc) is 2.68. The van der Waals surface area contributed by atoms with Crippen molar-refractivity contribution in [1.29, 1.82) is 0 Å². The van der Waals surface area contributed by atoms with Gasteiger partial charge in [0.15, 0.2) is 5.78 Å². The molecule has 0 spiro atoms. The van der Waals surface area contributed by atoms with Crippen molar-refractivity contribution in [2.24, 2.45) is 0 Å². The standard InChI is InChI=1S/C10H8N2OS/c1-7(13)9-6-14-10(12-9)8-4-2-3-5-11-8/h2-6H,1H3. The van der Waals surface area contributed by atoms with E-state index in [0.29, 0.717) is 5.69 Å². The zero-order valence-corrected chi connectivity index (χ0v) is 8.41. The van der Waals surface area contributed by atoms with Crippen molar-refractivity contribution in [1.82, 2.24) is 9.97 Å². The number of pyridine rings is 1. The fraction of sp³-hybridized carbons (Fsp3) is 0.100. The van der Waals surface area contributed by atoms with Crippen molar-refractivity contribution in [3.05, 3.63) is 35.5 Å². The monoisotopic (exact) mass is 204 g/mol. The van der Waals surface area contributed by atoms with Crippen molar-refractivity contribution < 1.29 is 4.79 Å². The zero-order valence-electron chi connectivity index (χ0n) is 7.60. The molecule has 4 heteroatoms. The van der Waals surface area contributed by atoms with Gasteiger partial charge < -0.3 is 0 Å². The molecule has 0 amide bonds. The van der Waals surface area contributed by atoms with Crippen LogP contribution in [0.1, 0.15) is 17.4 Å². The van der Waals surface area contributed by atoms with Gasteiger partial charge in [-0.2, -0.15) is 0 Å². The Morgan fingerprint density at radius 3 is 2.86 bits per heavy atom. The Kier molecular flexibility index (Phi) is 2.37. The fourth-order valence-corrected chi connectivity index (χ4v) is 1.88. The summed E-state index contributed by atoms with van der Waals surface area (Å²) in [6, 6.07) is 5.63. The quantitative estimate of drug-likeness (QED) is 0.705. The summed E-state index contributed by atoms with van der Waals surface area (Å²) in [5.74, 6) is -0.0107. The number of carbonyl (C=O) groups excluding carboxylic acids is 1. The molecular formula is C10H8N2OS. The Bertz CT molecular complexity index is 450. The average molecular weight is 204 g/mol. The minimum absolute atomic E-state index is 0.0107. The third-order valence-corrected chi connectivity index (χ3v) is 2.61. The Morgan fingerprint density at radius 2 is 2.29 bits per heavy atom. The maximum Gasteiger partial charge on any atom is 0.178 e. The first-order valence-corrected chi connectivity index (χ1v) is 5.03. The molecule has 0 aliphatic heterocycles. The number of hydrogen-bond donors (Lipinski definition) is 0. The Hall–Kier alpha value is -1.55. The van der Waals surface area contributed by atoms with E-state index in [9.17, 15) is 4.79 Å². The summed E-state index contributed by atoms with van der Waals surface area (Å²) in [5.41, 5.74) is 1.32. The van der Waals surface area contributed by atoms with Gasteiger partial charge in [0.25, 0.3) is 0 Å². The number of nitrogens with zero attached hydrogens (tertiary/aromatic N) is 2. The van der Waals surface area contributed by atoms with Gasteiger partial charge in [-0.15, -0.1) is 11.3 Å². The van der Waals surface area contributed by atoms with Gasteiger partial charge in [0.1, 0.15) is 10.7 Å². The highest BCUT2D eigenvalue weighted by Gasteiger charge is 2.07. The third-order valence-electron chi connectivity index (χ3n) is 1.75. The summed E-state index contributed by atoms with van der Waals surface area (Å²) in [5, 5.41) is 2.54. The number of rotatable bonds is 2. The highest BCUT2D eigenvalue weighted by Crippen LogP contribution is 2.21. The molecule has 2 heterocycles. The van der Waals surface area contributed by atoms with Gasteiger partial charge in [0.2, 0.25) is 0 Å².